The fraction of sp³-hybridized carbons (Fsp3) is 0.750. The quantitative estimate of drug-likeness (QED) is 0.439. The van der Waals surface area contributed by atoms with Crippen molar-refractivity contribution in [3.63, 3.8) is 0 Å². The van der Waals surface area contributed by atoms with Crippen LogP contribution in [0.25, 0.3) is 0 Å². The van der Waals surface area contributed by atoms with E-state index in [1.807, 2.05) is 0 Å². The molecule has 0 rings (SSSR count). The minimum absolute atomic E-state index is 0. The average molecular weight is 258 g/mol. The third kappa shape index (κ3) is 8.54. The lowest BCUT2D eigenvalue weighted by Gasteiger charge is -2.19. The van der Waals surface area contributed by atoms with Crippen LogP contribution in [0.4, 0.5) is 0 Å². The normalized spacial score (nSPS) is 12.3. The van der Waals surface area contributed by atoms with Crippen LogP contribution in [0.3, 0.4) is 0 Å². The maximum atomic E-state index is 11.3. The lowest BCUT2D eigenvalue weighted by molar-refractivity contribution is -0.414. The van der Waals surface area contributed by atoms with Crippen molar-refractivity contribution in [3.05, 3.63) is 0 Å². The summed E-state index contributed by atoms with van der Waals surface area (Å²) < 4.78 is 0. The van der Waals surface area contributed by atoms with Gasteiger partial charge in [-0.1, -0.05) is 13.8 Å². The standard InChI is InChI=1S/C8H16N2O4.3H2O/c1-4(2)6(9)7(12)10-5(3-11)8(13)14;;;/h4-6,11H,3,9H2,1-2H3,(H,10,12)(H,13,14);3*1H2/t5-,6-;;;/m0.../s1. The summed E-state index contributed by atoms with van der Waals surface area (Å²) in [7, 11) is 0. The predicted octanol–water partition coefficient (Wildman–Crippen LogP) is -5.99. The Bertz CT molecular complexity index is 222. The van der Waals surface area contributed by atoms with Gasteiger partial charge in [0.1, 0.15) is 0 Å². The molecule has 0 aliphatic heterocycles. The third-order valence-corrected chi connectivity index (χ3v) is 1.93. The molecule has 0 aliphatic rings. The van der Waals surface area contributed by atoms with Crippen molar-refractivity contribution in [3.8, 4) is 0 Å². The molecule has 9 nitrogen and oxygen atoms in total. The Morgan fingerprint density at radius 3 is 1.94 bits per heavy atom. The second-order valence-corrected chi connectivity index (χ2v) is 3.41. The molecule has 106 valence electrons. The molecule has 0 spiro atoms. The number of quaternary nitrogens is 1. The number of carboxylic acids is 1. The molecule has 0 heterocycles. The lowest BCUT2D eigenvalue weighted by Crippen LogP contribution is -2.71. The van der Waals surface area contributed by atoms with Gasteiger partial charge in [-0.15, -0.1) is 0 Å². The van der Waals surface area contributed by atoms with E-state index < -0.39 is 30.6 Å². The van der Waals surface area contributed by atoms with Gasteiger partial charge in [-0.05, 0) is 0 Å². The molecule has 0 fully saturated rings. The Balaban J connectivity index is -0.000000282. The minimum Gasteiger partial charge on any atom is -0.548 e. The Hall–Kier alpha value is -1.26. The van der Waals surface area contributed by atoms with E-state index in [1.54, 1.807) is 13.8 Å². The first-order valence-electron chi connectivity index (χ1n) is 4.35. The first-order valence-corrected chi connectivity index (χ1v) is 4.35. The highest BCUT2D eigenvalue weighted by atomic mass is 16.4. The van der Waals surface area contributed by atoms with Gasteiger partial charge in [0.25, 0.3) is 5.91 Å². The van der Waals surface area contributed by atoms with Gasteiger partial charge in [0.15, 0.2) is 6.04 Å². The van der Waals surface area contributed by atoms with Gasteiger partial charge in [-0.2, -0.15) is 0 Å². The molecule has 9 heteroatoms. The SMILES string of the molecule is CC(C)[C@H]([NH3+])C(=O)N[C@@H](CO)C(=O)[O-].O.O.O. The zero-order chi connectivity index (χ0) is 11.3. The Labute approximate surface area is 98.5 Å². The third-order valence-electron chi connectivity index (χ3n) is 1.93. The minimum atomic E-state index is -1.50. The molecule has 0 aliphatic carbocycles. The molecule has 0 aromatic rings. The van der Waals surface area contributed by atoms with E-state index >= 15 is 0 Å². The number of hydrogen-bond donors (Lipinski definition) is 3. The summed E-state index contributed by atoms with van der Waals surface area (Å²) in [5.41, 5.74) is 3.58. The molecule has 0 aromatic carbocycles. The topological polar surface area (TPSA) is 212 Å². The second-order valence-electron chi connectivity index (χ2n) is 3.41. The van der Waals surface area contributed by atoms with Gasteiger partial charge in [0.05, 0.1) is 18.6 Å². The average Bonchev–Trinajstić information content (AvgIpc) is 2.11. The maximum Gasteiger partial charge on any atom is 0.279 e. The molecule has 2 atom stereocenters. The van der Waals surface area contributed by atoms with Gasteiger partial charge in [0.2, 0.25) is 0 Å². The zero-order valence-electron chi connectivity index (χ0n) is 9.82. The van der Waals surface area contributed by atoms with Crippen molar-refractivity contribution < 1.29 is 42.0 Å². The summed E-state index contributed by atoms with van der Waals surface area (Å²) in [5, 5.41) is 21.1. The monoisotopic (exact) mass is 258 g/mol. The number of rotatable bonds is 5. The van der Waals surface area contributed by atoms with Crippen LogP contribution >= 0.6 is 0 Å². The fourth-order valence-electron chi connectivity index (χ4n) is 0.761. The van der Waals surface area contributed by atoms with Crippen LogP contribution in [0.2, 0.25) is 0 Å². The summed E-state index contributed by atoms with van der Waals surface area (Å²) in [6.45, 7) is 2.91. The second kappa shape index (κ2) is 11.2. The van der Waals surface area contributed by atoms with Gasteiger partial charge < -0.3 is 42.5 Å². The molecule has 1 amide bonds. The van der Waals surface area contributed by atoms with Crippen molar-refractivity contribution in [2.45, 2.75) is 25.9 Å². The van der Waals surface area contributed by atoms with Crippen molar-refractivity contribution >= 4 is 11.9 Å². The van der Waals surface area contributed by atoms with Crippen molar-refractivity contribution in [2.75, 3.05) is 6.61 Å². The molecular formula is C8H22N2O7. The first-order chi connectivity index (χ1) is 6.40. The molecule has 17 heavy (non-hydrogen) atoms. The summed E-state index contributed by atoms with van der Waals surface area (Å²) in [4.78, 5) is 21.6. The number of amides is 1. The smallest absolute Gasteiger partial charge is 0.279 e. The maximum absolute atomic E-state index is 11.3. The first kappa shape index (κ1) is 24.8. The number of carbonyl (C=O) groups excluding carboxylic acids is 2. The number of carboxylic acid groups (broad SMARTS) is 1. The van der Waals surface area contributed by atoms with E-state index in [2.05, 4.69) is 11.1 Å². The predicted molar refractivity (Wildman–Crippen MR) is 56.4 cm³/mol. The van der Waals surface area contributed by atoms with E-state index in [0.29, 0.717) is 0 Å². The van der Waals surface area contributed by atoms with Crippen LogP contribution in [-0.2, 0) is 9.59 Å². The van der Waals surface area contributed by atoms with E-state index in [-0.39, 0.29) is 22.3 Å². The van der Waals surface area contributed by atoms with E-state index in [0.717, 1.165) is 0 Å². The van der Waals surface area contributed by atoms with Gasteiger partial charge in [0, 0.05) is 5.92 Å². The van der Waals surface area contributed by atoms with E-state index in [4.69, 9.17) is 5.11 Å². The van der Waals surface area contributed by atoms with Gasteiger partial charge >= 0.3 is 0 Å². The van der Waals surface area contributed by atoms with Gasteiger partial charge in [-0.3, -0.25) is 4.79 Å². The van der Waals surface area contributed by atoms with Crippen LogP contribution in [0.15, 0.2) is 0 Å². The number of nitrogens with one attached hydrogen (secondary N) is 1. The molecule has 0 unspecified atom stereocenters. The van der Waals surface area contributed by atoms with Gasteiger partial charge in [-0.25, -0.2) is 0 Å². The Morgan fingerprint density at radius 1 is 1.29 bits per heavy atom. The molecule has 0 aromatic heterocycles. The van der Waals surface area contributed by atoms with Crippen molar-refractivity contribution in [1.82, 2.24) is 5.32 Å². The number of aliphatic hydroxyl groups excluding tert-OH is 1. The highest BCUT2D eigenvalue weighted by Crippen LogP contribution is 1.96. The van der Waals surface area contributed by atoms with Crippen molar-refractivity contribution in [1.29, 1.82) is 0 Å². The van der Waals surface area contributed by atoms with E-state index in [1.165, 1.54) is 0 Å². The highest BCUT2D eigenvalue weighted by molar-refractivity contribution is 5.85. The number of aliphatic carboxylic acids is 1. The van der Waals surface area contributed by atoms with Crippen LogP contribution in [-0.4, -0.2) is 52.1 Å². The fourth-order valence-corrected chi connectivity index (χ4v) is 0.761. The molecule has 11 N–H and O–H groups in total. The van der Waals surface area contributed by atoms with Crippen molar-refractivity contribution in [2.24, 2.45) is 5.92 Å². The highest BCUT2D eigenvalue weighted by Gasteiger charge is 2.23. The van der Waals surface area contributed by atoms with E-state index in [9.17, 15) is 14.7 Å². The van der Waals surface area contributed by atoms with Crippen LogP contribution in [0, 0.1) is 5.92 Å². The number of hydrogen-bond acceptors (Lipinski definition) is 4. The summed E-state index contributed by atoms with van der Waals surface area (Å²) >= 11 is 0. The molecule has 0 radical (unpaired) electrons. The summed E-state index contributed by atoms with van der Waals surface area (Å²) in [6, 6.07) is -1.89. The molecule has 0 bridgehead atoms. The van der Waals surface area contributed by atoms with Crippen LogP contribution in [0.5, 0.6) is 0 Å². The van der Waals surface area contributed by atoms with Crippen LogP contribution in [0.1, 0.15) is 13.8 Å². The Kier molecular flexibility index (Phi) is 16.4. The number of carbonyl (C=O) groups is 2. The van der Waals surface area contributed by atoms with Crippen LogP contribution < -0.4 is 16.2 Å². The molecule has 0 saturated carbocycles. The number of aliphatic hydroxyl groups is 1. The lowest BCUT2D eigenvalue weighted by atomic mass is 10.0. The summed E-state index contributed by atoms with van der Waals surface area (Å²) in [5.74, 6) is -1.99. The molecular weight excluding hydrogens is 236 g/mol. The molecule has 0 saturated heterocycles. The Morgan fingerprint density at radius 2 is 1.71 bits per heavy atom. The largest absolute Gasteiger partial charge is 0.548 e. The summed E-state index contributed by atoms with van der Waals surface area (Å²) in [6.07, 6.45) is 0. The zero-order valence-corrected chi connectivity index (χ0v) is 9.82.